The summed E-state index contributed by atoms with van der Waals surface area (Å²) in [6.07, 6.45) is -4.52. The molecule has 29 heavy (non-hydrogen) atoms. The molecule has 0 bridgehead atoms. The number of benzene rings is 2. The van der Waals surface area contributed by atoms with Crippen molar-refractivity contribution in [3.8, 4) is 0 Å². The van der Waals surface area contributed by atoms with Crippen molar-refractivity contribution in [3.05, 3.63) is 71.3 Å². The van der Waals surface area contributed by atoms with E-state index in [0.717, 1.165) is 24.3 Å². The maximum absolute atomic E-state index is 14.5. The first kappa shape index (κ1) is 20.5. The Labute approximate surface area is 163 Å². The van der Waals surface area contributed by atoms with Gasteiger partial charge in [0.05, 0.1) is 13.1 Å². The summed E-state index contributed by atoms with van der Waals surface area (Å²) in [5.41, 5.74) is -0.172. The molecule has 1 heterocycles. The highest BCUT2D eigenvalue weighted by Crippen LogP contribution is 2.25. The molecule has 2 aromatic rings. The first-order chi connectivity index (χ1) is 13.8. The van der Waals surface area contributed by atoms with E-state index in [9.17, 15) is 31.9 Å². The van der Waals surface area contributed by atoms with Crippen LogP contribution in [0.5, 0.6) is 0 Å². The maximum Gasteiger partial charge on any atom is 0.333 e. The Kier molecular flexibility index (Phi) is 5.95. The van der Waals surface area contributed by atoms with E-state index in [0.29, 0.717) is 9.80 Å². The summed E-state index contributed by atoms with van der Waals surface area (Å²) in [6, 6.07) is 8.03. The molecule has 2 atom stereocenters. The summed E-state index contributed by atoms with van der Waals surface area (Å²) in [5.74, 6) is -3.24. The fourth-order valence-electron chi connectivity index (χ4n) is 2.97. The lowest BCUT2D eigenvalue weighted by molar-refractivity contribution is -0.143. The highest BCUT2D eigenvalue weighted by molar-refractivity contribution is 6.14. The Morgan fingerprint density at radius 3 is 1.55 bits per heavy atom. The van der Waals surface area contributed by atoms with E-state index < -0.39 is 61.3 Å². The van der Waals surface area contributed by atoms with Gasteiger partial charge in [0.25, 0.3) is 0 Å². The number of hydrogen-bond donors (Lipinski definition) is 0. The molecule has 0 N–H and O–H groups in total. The number of barbiturate groups is 1. The van der Waals surface area contributed by atoms with Crippen LogP contribution in [0, 0.1) is 11.6 Å². The Balaban J connectivity index is 1.75. The van der Waals surface area contributed by atoms with Crippen LogP contribution in [0.25, 0.3) is 0 Å². The predicted octanol–water partition coefficient (Wildman–Crippen LogP) is 3.87. The SMILES string of the molecule is O=C1CC(=O)N(C[C@@H](F)c2cccc(F)c2)C(=O)N1C[C@@H](F)c1cccc(F)c1. The van der Waals surface area contributed by atoms with E-state index in [2.05, 4.69) is 0 Å². The van der Waals surface area contributed by atoms with Crippen molar-refractivity contribution < 1.29 is 31.9 Å². The molecule has 0 spiro atoms. The minimum atomic E-state index is -1.89. The molecule has 0 radical (unpaired) electrons. The van der Waals surface area contributed by atoms with Crippen LogP contribution in [0.2, 0.25) is 0 Å². The maximum atomic E-state index is 14.5. The summed E-state index contributed by atoms with van der Waals surface area (Å²) in [6.45, 7) is -1.50. The highest BCUT2D eigenvalue weighted by Gasteiger charge is 2.40. The first-order valence-corrected chi connectivity index (χ1v) is 8.70. The monoisotopic (exact) mass is 408 g/mol. The zero-order valence-electron chi connectivity index (χ0n) is 15.0. The number of hydrogen-bond acceptors (Lipinski definition) is 3. The van der Waals surface area contributed by atoms with Crippen LogP contribution in [0.4, 0.5) is 22.4 Å². The molecule has 5 nitrogen and oxygen atoms in total. The Bertz CT molecular complexity index is 879. The van der Waals surface area contributed by atoms with E-state index in [1.807, 2.05) is 0 Å². The normalized spacial score (nSPS) is 16.9. The predicted molar refractivity (Wildman–Crippen MR) is 93.9 cm³/mol. The number of carbonyl (C=O) groups excluding carboxylic acids is 3. The van der Waals surface area contributed by atoms with Crippen LogP contribution in [-0.2, 0) is 9.59 Å². The molecule has 2 aromatic carbocycles. The highest BCUT2D eigenvalue weighted by atomic mass is 19.1. The molecular formula is C20H16F4N2O3. The zero-order chi connectivity index (χ0) is 21.1. The molecule has 1 aliphatic heterocycles. The second-order valence-corrected chi connectivity index (χ2v) is 6.51. The van der Waals surface area contributed by atoms with Crippen LogP contribution >= 0.6 is 0 Å². The number of imide groups is 2. The molecule has 0 saturated carbocycles. The van der Waals surface area contributed by atoms with Crippen LogP contribution in [0.3, 0.4) is 0 Å². The molecule has 0 unspecified atom stereocenters. The van der Waals surface area contributed by atoms with Gasteiger partial charge < -0.3 is 0 Å². The fourth-order valence-corrected chi connectivity index (χ4v) is 2.97. The summed E-state index contributed by atoms with van der Waals surface area (Å²) < 4.78 is 55.6. The van der Waals surface area contributed by atoms with Gasteiger partial charge in [0.2, 0.25) is 11.8 Å². The summed E-state index contributed by atoms with van der Waals surface area (Å²) in [5, 5.41) is 0. The van der Waals surface area contributed by atoms with Crippen molar-refractivity contribution in [2.24, 2.45) is 0 Å². The van der Waals surface area contributed by atoms with Crippen LogP contribution in [-0.4, -0.2) is 40.7 Å². The van der Waals surface area contributed by atoms with E-state index in [4.69, 9.17) is 0 Å². The van der Waals surface area contributed by atoms with Crippen molar-refractivity contribution in [2.75, 3.05) is 13.1 Å². The summed E-state index contributed by atoms with van der Waals surface area (Å²) in [4.78, 5) is 37.7. The Morgan fingerprint density at radius 2 is 1.17 bits per heavy atom. The minimum Gasteiger partial charge on any atom is -0.274 e. The lowest BCUT2D eigenvalue weighted by atomic mass is 10.1. The van der Waals surface area contributed by atoms with Crippen molar-refractivity contribution in [1.82, 2.24) is 9.80 Å². The van der Waals surface area contributed by atoms with Gasteiger partial charge in [0, 0.05) is 0 Å². The number of halogens is 4. The van der Waals surface area contributed by atoms with Crippen molar-refractivity contribution >= 4 is 17.8 Å². The number of carbonyl (C=O) groups is 3. The van der Waals surface area contributed by atoms with Gasteiger partial charge in [-0.2, -0.15) is 0 Å². The van der Waals surface area contributed by atoms with Crippen molar-refractivity contribution in [2.45, 2.75) is 18.8 Å². The topological polar surface area (TPSA) is 57.7 Å². The lowest BCUT2D eigenvalue weighted by Crippen LogP contribution is -2.56. The average Bonchev–Trinajstić information content (AvgIpc) is 2.68. The molecule has 9 heteroatoms. The number of amides is 4. The number of rotatable bonds is 6. The average molecular weight is 408 g/mol. The van der Waals surface area contributed by atoms with E-state index in [1.54, 1.807) is 0 Å². The van der Waals surface area contributed by atoms with E-state index in [-0.39, 0.29) is 11.1 Å². The number of nitrogens with zero attached hydrogens (tertiary/aromatic N) is 2. The van der Waals surface area contributed by atoms with Crippen molar-refractivity contribution in [1.29, 1.82) is 0 Å². The molecule has 1 saturated heterocycles. The summed E-state index contributed by atoms with van der Waals surface area (Å²) in [7, 11) is 0. The van der Waals surface area contributed by atoms with Gasteiger partial charge in [0.15, 0.2) is 0 Å². The molecule has 0 aliphatic carbocycles. The second kappa shape index (κ2) is 8.42. The second-order valence-electron chi connectivity index (χ2n) is 6.51. The van der Waals surface area contributed by atoms with Gasteiger partial charge in [-0.05, 0) is 35.4 Å². The van der Waals surface area contributed by atoms with Gasteiger partial charge in [-0.25, -0.2) is 22.4 Å². The third-order valence-electron chi connectivity index (χ3n) is 4.47. The third-order valence-corrected chi connectivity index (χ3v) is 4.47. The van der Waals surface area contributed by atoms with Gasteiger partial charge >= 0.3 is 6.03 Å². The smallest absolute Gasteiger partial charge is 0.274 e. The summed E-state index contributed by atoms with van der Waals surface area (Å²) >= 11 is 0. The molecular weight excluding hydrogens is 392 g/mol. The van der Waals surface area contributed by atoms with Crippen LogP contribution in [0.1, 0.15) is 29.9 Å². The van der Waals surface area contributed by atoms with Gasteiger partial charge in [-0.1, -0.05) is 24.3 Å². The Morgan fingerprint density at radius 1 is 0.759 bits per heavy atom. The fraction of sp³-hybridized carbons (Fsp3) is 0.250. The molecule has 1 aliphatic rings. The lowest BCUT2D eigenvalue weighted by Gasteiger charge is -2.34. The quantitative estimate of drug-likeness (QED) is 0.539. The third kappa shape index (κ3) is 4.61. The molecule has 4 amide bonds. The largest absolute Gasteiger partial charge is 0.333 e. The van der Waals surface area contributed by atoms with Gasteiger partial charge in [0.1, 0.15) is 30.4 Å². The molecule has 1 fully saturated rings. The minimum absolute atomic E-state index is 0.0859. The van der Waals surface area contributed by atoms with Gasteiger partial charge in [-0.15, -0.1) is 0 Å². The molecule has 152 valence electrons. The first-order valence-electron chi connectivity index (χ1n) is 8.70. The van der Waals surface area contributed by atoms with E-state index in [1.165, 1.54) is 24.3 Å². The molecule has 3 rings (SSSR count). The number of urea groups is 1. The molecule has 0 aromatic heterocycles. The number of alkyl halides is 2. The van der Waals surface area contributed by atoms with Gasteiger partial charge in [-0.3, -0.25) is 19.4 Å². The zero-order valence-corrected chi connectivity index (χ0v) is 15.0. The standard InChI is InChI=1S/C20H16F4N2O3/c21-14-5-1-3-12(7-14)16(23)10-25-18(27)9-19(28)26(20(25)29)11-17(24)13-4-2-6-15(22)8-13/h1-8,16-17H,9-11H2/t16-,17-/m1/s1. The van der Waals surface area contributed by atoms with Crippen LogP contribution < -0.4 is 0 Å². The van der Waals surface area contributed by atoms with Crippen LogP contribution in [0.15, 0.2) is 48.5 Å². The van der Waals surface area contributed by atoms with E-state index >= 15 is 0 Å². The van der Waals surface area contributed by atoms with Crippen molar-refractivity contribution in [3.63, 3.8) is 0 Å². The Hall–Kier alpha value is -3.23.